The molecule has 0 spiro atoms. The molecule has 62 heavy (non-hydrogen) atoms. The van der Waals surface area contributed by atoms with Gasteiger partial charge in [-0.25, -0.2) is 36.4 Å². The fourth-order valence-corrected chi connectivity index (χ4v) is 8.30. The Morgan fingerprint density at radius 2 is 1.06 bits per heavy atom. The van der Waals surface area contributed by atoms with E-state index in [2.05, 4.69) is 48.6 Å². The Balaban J connectivity index is 1.21. The van der Waals surface area contributed by atoms with Crippen molar-refractivity contribution >= 4 is 54.9 Å². The molecule has 4 amide bonds. The van der Waals surface area contributed by atoms with E-state index in [1.807, 2.05) is 13.0 Å². The topological polar surface area (TPSA) is 192 Å². The predicted molar refractivity (Wildman–Crippen MR) is 230 cm³/mol. The van der Waals surface area contributed by atoms with Gasteiger partial charge in [0.1, 0.15) is 5.75 Å². The first-order valence-corrected chi connectivity index (χ1v) is 21.9. The summed E-state index contributed by atoms with van der Waals surface area (Å²) in [6, 6.07) is 26.3. The van der Waals surface area contributed by atoms with Crippen LogP contribution in [0.2, 0.25) is 0 Å². The van der Waals surface area contributed by atoms with Crippen LogP contribution in [0.15, 0.2) is 150 Å². The van der Waals surface area contributed by atoms with E-state index in [-0.39, 0.29) is 51.6 Å². The Morgan fingerprint density at radius 3 is 1.47 bits per heavy atom. The van der Waals surface area contributed by atoms with Crippen LogP contribution in [0.4, 0.5) is 41.1 Å². The number of amides is 4. The van der Waals surface area contributed by atoms with Gasteiger partial charge in [0.15, 0.2) is 0 Å². The maximum absolute atomic E-state index is 14.2. The van der Waals surface area contributed by atoms with Gasteiger partial charge in [-0.2, -0.15) is 8.78 Å². The van der Waals surface area contributed by atoms with Crippen LogP contribution in [0.25, 0.3) is 0 Å². The normalized spacial score (nSPS) is 11.5. The molecule has 0 aliphatic rings. The Hall–Kier alpha value is -7.12. The van der Waals surface area contributed by atoms with Crippen molar-refractivity contribution in [2.24, 2.45) is 0 Å². The second kappa shape index (κ2) is 19.5. The molecule has 6 aromatic rings. The van der Waals surface area contributed by atoms with Crippen molar-refractivity contribution in [3.05, 3.63) is 162 Å². The number of halogens is 2. The van der Waals surface area contributed by atoms with Gasteiger partial charge in [0, 0.05) is 47.5 Å². The highest BCUT2D eigenvalue weighted by atomic mass is 32.2. The SMILES string of the molecule is Cc1cc(NS(=O)(=O)c2ccc(NC(=O)N(Cc3cccnc3)N(Cc3cccnc3)C(=O)Nc3ccc(S(=O)(=O)Nc4ccc(OC(F)F)cc4)cc3)cc2)ccc1C(C)C. The molecular weight excluding hydrogens is 843 g/mol. The van der Waals surface area contributed by atoms with Gasteiger partial charge < -0.3 is 15.4 Å². The van der Waals surface area contributed by atoms with Gasteiger partial charge in [0.05, 0.1) is 22.9 Å². The second-order valence-electron chi connectivity index (χ2n) is 14.1. The molecule has 0 saturated carbocycles. The minimum atomic E-state index is -4.14. The molecule has 4 aromatic carbocycles. The number of carbonyl (C=O) groups excluding carboxylic acids is 2. The number of sulfonamides is 2. The van der Waals surface area contributed by atoms with Crippen LogP contribution in [-0.2, 0) is 33.1 Å². The largest absolute Gasteiger partial charge is 0.435 e. The summed E-state index contributed by atoms with van der Waals surface area (Å²) in [4.78, 5) is 36.5. The number of hydrogen-bond donors (Lipinski definition) is 4. The quantitative estimate of drug-likeness (QED) is 0.0730. The van der Waals surface area contributed by atoms with Gasteiger partial charge in [0.25, 0.3) is 20.0 Å². The zero-order valence-corrected chi connectivity index (χ0v) is 35.2. The van der Waals surface area contributed by atoms with E-state index >= 15 is 0 Å². The molecule has 0 saturated heterocycles. The number of hydrogen-bond acceptors (Lipinski definition) is 9. The number of aromatic nitrogens is 2. The number of rotatable bonds is 15. The van der Waals surface area contributed by atoms with E-state index in [0.29, 0.717) is 16.8 Å². The molecule has 2 aromatic heterocycles. The number of nitrogens with zero attached hydrogens (tertiary/aromatic N) is 4. The van der Waals surface area contributed by atoms with Crippen LogP contribution in [0.1, 0.15) is 42.0 Å². The maximum atomic E-state index is 14.2. The molecule has 322 valence electrons. The lowest BCUT2D eigenvalue weighted by Crippen LogP contribution is -2.52. The van der Waals surface area contributed by atoms with E-state index in [1.165, 1.54) is 85.2 Å². The Labute approximate surface area is 357 Å². The van der Waals surface area contributed by atoms with Gasteiger partial charge in [0.2, 0.25) is 0 Å². The number of benzene rings is 4. The van der Waals surface area contributed by atoms with Gasteiger partial charge in [-0.15, -0.1) is 0 Å². The van der Waals surface area contributed by atoms with Crippen molar-refractivity contribution in [2.75, 3.05) is 20.1 Å². The zero-order chi connectivity index (χ0) is 44.4. The number of anilines is 4. The van der Waals surface area contributed by atoms with Crippen molar-refractivity contribution in [1.29, 1.82) is 0 Å². The minimum Gasteiger partial charge on any atom is -0.435 e. The molecule has 0 atom stereocenters. The maximum Gasteiger partial charge on any atom is 0.387 e. The van der Waals surface area contributed by atoms with Gasteiger partial charge in [-0.05, 0) is 132 Å². The zero-order valence-electron chi connectivity index (χ0n) is 33.6. The first-order chi connectivity index (χ1) is 29.6. The monoisotopic (exact) mass is 884 g/mol. The average Bonchev–Trinajstić information content (AvgIpc) is 3.23. The third kappa shape index (κ3) is 11.8. The summed E-state index contributed by atoms with van der Waals surface area (Å²) in [5.74, 6) is 0.127. The molecular formula is C43H42F2N8O7S2. The van der Waals surface area contributed by atoms with Crippen LogP contribution in [0, 0.1) is 6.92 Å². The van der Waals surface area contributed by atoms with E-state index in [4.69, 9.17) is 0 Å². The van der Waals surface area contributed by atoms with Crippen LogP contribution < -0.4 is 24.8 Å². The summed E-state index contributed by atoms with van der Waals surface area (Å²) >= 11 is 0. The Morgan fingerprint density at radius 1 is 0.629 bits per heavy atom. The standard InChI is InChI=1S/C43H42F2N8O7S2/c1-29(2)40-21-14-36(24-30(40)3)51-62(58,59)39-19-12-34(13-20-39)49-43(55)53(28-32-7-5-23-47-26-32)52(27-31-6-4-22-46-25-31)42(54)48-33-10-17-38(18-11-33)61(56,57)50-35-8-15-37(16-9-35)60-41(44)45/h4-26,29,41,50-51H,27-28H2,1-3H3,(H,48,54)(H,49,55). The smallest absolute Gasteiger partial charge is 0.387 e. The van der Waals surface area contributed by atoms with Gasteiger partial charge >= 0.3 is 18.7 Å². The van der Waals surface area contributed by atoms with E-state index in [9.17, 15) is 35.2 Å². The fourth-order valence-electron chi connectivity index (χ4n) is 6.19. The summed E-state index contributed by atoms with van der Waals surface area (Å²) < 4.78 is 87.2. The Kier molecular flexibility index (Phi) is 14.0. The van der Waals surface area contributed by atoms with E-state index in [0.717, 1.165) is 21.1 Å². The summed E-state index contributed by atoms with van der Waals surface area (Å²) in [5.41, 5.74) is 4.09. The molecule has 0 unspecified atom stereocenters. The minimum absolute atomic E-state index is 0.0446. The van der Waals surface area contributed by atoms with Gasteiger partial charge in [-0.1, -0.05) is 32.0 Å². The molecule has 4 N–H and O–H groups in total. The number of nitrogens with one attached hydrogen (secondary N) is 4. The molecule has 15 nitrogen and oxygen atoms in total. The number of pyridine rings is 2. The second-order valence-corrected chi connectivity index (χ2v) is 17.5. The number of hydrazine groups is 1. The fraction of sp³-hybridized carbons (Fsp3) is 0.163. The first-order valence-electron chi connectivity index (χ1n) is 18.9. The van der Waals surface area contributed by atoms with Crippen LogP contribution in [0.3, 0.4) is 0 Å². The number of aryl methyl sites for hydroxylation is 1. The highest BCUT2D eigenvalue weighted by Crippen LogP contribution is 2.26. The highest BCUT2D eigenvalue weighted by molar-refractivity contribution is 7.93. The number of alkyl halides is 2. The van der Waals surface area contributed by atoms with Crippen molar-refractivity contribution < 1.29 is 39.9 Å². The summed E-state index contributed by atoms with van der Waals surface area (Å²) in [7, 11) is -8.14. The third-order valence-corrected chi connectivity index (χ3v) is 12.0. The summed E-state index contributed by atoms with van der Waals surface area (Å²) in [6.07, 6.45) is 6.17. The number of carbonyl (C=O) groups is 2. The average molecular weight is 885 g/mol. The highest BCUT2D eigenvalue weighted by Gasteiger charge is 2.28. The summed E-state index contributed by atoms with van der Waals surface area (Å²) in [6.45, 7) is 2.71. The van der Waals surface area contributed by atoms with Crippen molar-refractivity contribution in [1.82, 2.24) is 20.0 Å². The first kappa shape index (κ1) is 44.4. The molecule has 0 radical (unpaired) electrons. The van der Waals surface area contributed by atoms with Crippen LogP contribution in [-0.4, -0.2) is 55.5 Å². The lowest BCUT2D eigenvalue weighted by atomic mass is 9.98. The van der Waals surface area contributed by atoms with Crippen molar-refractivity contribution in [3.63, 3.8) is 0 Å². The molecule has 0 fully saturated rings. The molecule has 6 rings (SSSR count). The lowest BCUT2D eigenvalue weighted by Gasteiger charge is -2.35. The predicted octanol–water partition coefficient (Wildman–Crippen LogP) is 8.79. The number of urea groups is 2. The Bertz CT molecular complexity index is 2700. The van der Waals surface area contributed by atoms with Crippen molar-refractivity contribution in [3.8, 4) is 5.75 Å². The molecule has 2 heterocycles. The molecule has 0 aliphatic carbocycles. The molecule has 0 aliphatic heterocycles. The van der Waals surface area contributed by atoms with Crippen LogP contribution >= 0.6 is 0 Å². The van der Waals surface area contributed by atoms with E-state index in [1.54, 1.807) is 48.8 Å². The van der Waals surface area contributed by atoms with Crippen molar-refractivity contribution in [2.45, 2.75) is 56.2 Å². The lowest BCUT2D eigenvalue weighted by molar-refractivity contribution is -0.0498. The summed E-state index contributed by atoms with van der Waals surface area (Å²) in [5, 5.41) is 7.76. The van der Waals surface area contributed by atoms with Gasteiger partial charge in [-0.3, -0.25) is 19.4 Å². The van der Waals surface area contributed by atoms with Crippen LogP contribution in [0.5, 0.6) is 5.75 Å². The molecule has 0 bridgehead atoms. The molecule has 19 heteroatoms. The number of ether oxygens (including phenoxy) is 1. The third-order valence-electron chi connectivity index (χ3n) is 9.18. The van der Waals surface area contributed by atoms with E-state index < -0.39 is 38.7 Å².